The summed E-state index contributed by atoms with van der Waals surface area (Å²) in [5.74, 6) is 0.379. The minimum Gasteiger partial charge on any atom is -0.337 e. The summed E-state index contributed by atoms with van der Waals surface area (Å²) in [6.07, 6.45) is 3.11. The number of pyridine rings is 1. The van der Waals surface area contributed by atoms with Gasteiger partial charge in [0, 0.05) is 41.6 Å². The molecule has 134 valence electrons. The number of aromatic nitrogens is 1. The standard InChI is InChI=1S/C16H17Cl2N3O3S/c1-25(24)7-6-19-16(23)20-12-3-5-15(22)21(10-12)9-11-2-4-13(17)14(18)8-11/h2-5,8,10H,6-7,9H2,1H3,(H2,19,20,23)/t25-/m1/s1. The van der Waals surface area contributed by atoms with Crippen LogP contribution in [0.5, 0.6) is 0 Å². The van der Waals surface area contributed by atoms with Gasteiger partial charge < -0.3 is 15.2 Å². The highest BCUT2D eigenvalue weighted by Gasteiger charge is 2.06. The second kappa shape index (κ2) is 9.03. The lowest BCUT2D eigenvalue weighted by Gasteiger charge is -2.11. The number of halogens is 2. The highest BCUT2D eigenvalue weighted by Crippen LogP contribution is 2.22. The van der Waals surface area contributed by atoms with Crippen molar-refractivity contribution < 1.29 is 9.00 Å². The summed E-state index contributed by atoms with van der Waals surface area (Å²) in [4.78, 5) is 23.8. The zero-order valence-electron chi connectivity index (χ0n) is 13.4. The Morgan fingerprint density at radius 3 is 2.64 bits per heavy atom. The molecule has 0 saturated carbocycles. The molecule has 1 aromatic carbocycles. The minimum atomic E-state index is -0.970. The summed E-state index contributed by atoms with van der Waals surface area (Å²) >= 11 is 11.9. The Morgan fingerprint density at radius 1 is 1.20 bits per heavy atom. The summed E-state index contributed by atoms with van der Waals surface area (Å²) in [6, 6.07) is 7.59. The average molecular weight is 402 g/mol. The van der Waals surface area contributed by atoms with E-state index >= 15 is 0 Å². The third-order valence-electron chi connectivity index (χ3n) is 3.25. The van der Waals surface area contributed by atoms with Crippen molar-refractivity contribution in [1.29, 1.82) is 0 Å². The molecule has 2 N–H and O–H groups in total. The van der Waals surface area contributed by atoms with Gasteiger partial charge >= 0.3 is 6.03 Å². The number of carbonyl (C=O) groups is 1. The van der Waals surface area contributed by atoms with Gasteiger partial charge in [0.05, 0.1) is 22.3 Å². The molecule has 1 heterocycles. The predicted octanol–water partition coefficient (Wildman–Crippen LogP) is 2.70. The van der Waals surface area contributed by atoms with Crippen LogP contribution in [0.25, 0.3) is 0 Å². The molecule has 0 aliphatic heterocycles. The molecule has 1 aromatic heterocycles. The Labute approximate surface area is 157 Å². The van der Waals surface area contributed by atoms with Crippen molar-refractivity contribution in [2.45, 2.75) is 6.54 Å². The second-order valence-corrected chi connectivity index (χ2v) is 7.66. The van der Waals surface area contributed by atoms with Crippen molar-refractivity contribution in [3.63, 3.8) is 0 Å². The topological polar surface area (TPSA) is 80.2 Å². The normalized spacial score (nSPS) is 11.8. The van der Waals surface area contributed by atoms with Gasteiger partial charge in [-0.15, -0.1) is 0 Å². The molecule has 6 nitrogen and oxygen atoms in total. The van der Waals surface area contributed by atoms with Gasteiger partial charge in [-0.2, -0.15) is 0 Å². The summed E-state index contributed by atoms with van der Waals surface area (Å²) in [6.45, 7) is 0.597. The first-order valence-electron chi connectivity index (χ1n) is 7.34. The van der Waals surface area contributed by atoms with Crippen molar-refractivity contribution in [3.8, 4) is 0 Å². The molecule has 0 aliphatic carbocycles. The van der Waals surface area contributed by atoms with E-state index in [1.165, 1.54) is 16.7 Å². The number of urea groups is 1. The van der Waals surface area contributed by atoms with Crippen LogP contribution in [0.4, 0.5) is 10.5 Å². The Bertz CT molecular complexity index is 855. The molecule has 0 unspecified atom stereocenters. The maximum atomic E-state index is 12.0. The van der Waals surface area contributed by atoms with Gasteiger partial charge in [0.15, 0.2) is 0 Å². The van der Waals surface area contributed by atoms with Gasteiger partial charge in [0.25, 0.3) is 5.56 Å². The van der Waals surface area contributed by atoms with E-state index in [9.17, 15) is 13.8 Å². The molecule has 25 heavy (non-hydrogen) atoms. The van der Waals surface area contributed by atoms with E-state index in [0.29, 0.717) is 34.6 Å². The number of amides is 2. The van der Waals surface area contributed by atoms with Gasteiger partial charge in [0.2, 0.25) is 0 Å². The zero-order valence-corrected chi connectivity index (χ0v) is 15.7. The van der Waals surface area contributed by atoms with E-state index in [2.05, 4.69) is 10.6 Å². The fraction of sp³-hybridized carbons (Fsp3) is 0.250. The SMILES string of the molecule is C[S@@](=O)CCNC(=O)Nc1ccc(=O)n(Cc2ccc(Cl)c(Cl)c2)c1. The van der Waals surface area contributed by atoms with Crippen LogP contribution in [0.15, 0.2) is 41.3 Å². The number of hydrogen-bond donors (Lipinski definition) is 2. The van der Waals surface area contributed by atoms with Crippen LogP contribution in [0.3, 0.4) is 0 Å². The van der Waals surface area contributed by atoms with Crippen LogP contribution >= 0.6 is 23.2 Å². The maximum absolute atomic E-state index is 12.0. The van der Waals surface area contributed by atoms with E-state index in [-0.39, 0.29) is 5.56 Å². The molecule has 2 aromatic rings. The summed E-state index contributed by atoms with van der Waals surface area (Å²) < 4.78 is 12.4. The van der Waals surface area contributed by atoms with Crippen LogP contribution in [-0.2, 0) is 17.3 Å². The molecule has 9 heteroatoms. The van der Waals surface area contributed by atoms with Crippen LogP contribution < -0.4 is 16.2 Å². The number of nitrogens with one attached hydrogen (secondary N) is 2. The first-order valence-corrected chi connectivity index (χ1v) is 9.83. The number of carbonyl (C=O) groups excluding carboxylic acids is 1. The van der Waals surface area contributed by atoms with Gasteiger partial charge in [-0.05, 0) is 23.8 Å². The number of anilines is 1. The average Bonchev–Trinajstić information content (AvgIpc) is 2.54. The molecule has 0 saturated heterocycles. The van der Waals surface area contributed by atoms with E-state index in [1.807, 2.05) is 0 Å². The highest BCUT2D eigenvalue weighted by atomic mass is 35.5. The Morgan fingerprint density at radius 2 is 1.96 bits per heavy atom. The Hall–Kier alpha value is -1.83. The second-order valence-electron chi connectivity index (χ2n) is 5.29. The van der Waals surface area contributed by atoms with Gasteiger partial charge in [-0.25, -0.2) is 4.79 Å². The third kappa shape index (κ3) is 6.19. The molecule has 2 amide bonds. The number of nitrogens with zero attached hydrogens (tertiary/aromatic N) is 1. The Kier molecular flexibility index (Phi) is 7.04. The zero-order chi connectivity index (χ0) is 18.4. The van der Waals surface area contributed by atoms with Crippen molar-refractivity contribution in [2.24, 2.45) is 0 Å². The Balaban J connectivity index is 2.06. The van der Waals surface area contributed by atoms with Crippen molar-refractivity contribution in [2.75, 3.05) is 23.9 Å². The predicted molar refractivity (Wildman–Crippen MR) is 102 cm³/mol. The van der Waals surface area contributed by atoms with Crippen molar-refractivity contribution >= 4 is 45.7 Å². The summed E-state index contributed by atoms with van der Waals surface area (Å²) in [5, 5.41) is 6.08. The smallest absolute Gasteiger partial charge is 0.319 e. The van der Waals surface area contributed by atoms with Crippen LogP contribution in [0.2, 0.25) is 10.0 Å². The molecule has 0 aliphatic rings. The first-order chi connectivity index (χ1) is 11.8. The van der Waals surface area contributed by atoms with Gasteiger partial charge in [0.1, 0.15) is 0 Å². The van der Waals surface area contributed by atoms with Crippen molar-refractivity contribution in [1.82, 2.24) is 9.88 Å². The fourth-order valence-electron chi connectivity index (χ4n) is 2.05. The maximum Gasteiger partial charge on any atom is 0.319 e. The van der Waals surface area contributed by atoms with E-state index in [0.717, 1.165) is 5.56 Å². The quantitative estimate of drug-likeness (QED) is 0.780. The molecular weight excluding hydrogens is 385 g/mol. The van der Waals surface area contributed by atoms with Gasteiger partial charge in [-0.3, -0.25) is 9.00 Å². The number of benzene rings is 1. The molecule has 0 radical (unpaired) electrons. The monoisotopic (exact) mass is 401 g/mol. The first kappa shape index (κ1) is 19.5. The molecule has 1 atom stereocenters. The molecule has 0 fully saturated rings. The molecule has 2 rings (SSSR count). The fourth-order valence-corrected chi connectivity index (χ4v) is 2.76. The summed E-state index contributed by atoms with van der Waals surface area (Å²) in [7, 11) is -0.970. The summed E-state index contributed by atoms with van der Waals surface area (Å²) in [5.41, 5.74) is 1.07. The number of rotatable bonds is 6. The lowest BCUT2D eigenvalue weighted by molar-refractivity contribution is 0.252. The lowest BCUT2D eigenvalue weighted by Crippen LogP contribution is -2.32. The molecular formula is C16H17Cl2N3O3S. The van der Waals surface area contributed by atoms with E-state index in [4.69, 9.17) is 23.2 Å². The van der Waals surface area contributed by atoms with Crippen LogP contribution in [-0.4, -0.2) is 33.4 Å². The van der Waals surface area contributed by atoms with Crippen LogP contribution in [0.1, 0.15) is 5.56 Å². The molecule has 0 bridgehead atoms. The highest BCUT2D eigenvalue weighted by molar-refractivity contribution is 7.84. The largest absolute Gasteiger partial charge is 0.337 e. The van der Waals surface area contributed by atoms with E-state index in [1.54, 1.807) is 30.7 Å². The van der Waals surface area contributed by atoms with E-state index < -0.39 is 16.8 Å². The van der Waals surface area contributed by atoms with Crippen LogP contribution in [0, 0.1) is 0 Å². The third-order valence-corrected chi connectivity index (χ3v) is 4.77. The minimum absolute atomic E-state index is 0.210. The molecule has 0 spiro atoms. The lowest BCUT2D eigenvalue weighted by atomic mass is 10.2. The van der Waals surface area contributed by atoms with Crippen molar-refractivity contribution in [3.05, 3.63) is 62.5 Å². The van der Waals surface area contributed by atoms with Gasteiger partial charge in [-0.1, -0.05) is 29.3 Å². The number of hydrogen-bond acceptors (Lipinski definition) is 3.